The predicted molar refractivity (Wildman–Crippen MR) is 254 cm³/mol. The summed E-state index contributed by atoms with van der Waals surface area (Å²) in [5.74, 6) is 0. The monoisotopic (exact) mass is 876 g/mol. The van der Waals surface area contributed by atoms with Crippen molar-refractivity contribution in [1.29, 1.82) is 0 Å². The van der Waals surface area contributed by atoms with Crippen LogP contribution in [0.25, 0.3) is 57.9 Å². The molecule has 0 saturated heterocycles. The van der Waals surface area contributed by atoms with Crippen molar-refractivity contribution in [3.05, 3.63) is 157 Å². The highest BCUT2D eigenvalue weighted by Crippen LogP contribution is 2.43. The van der Waals surface area contributed by atoms with Crippen LogP contribution in [0, 0.1) is 96.9 Å². The predicted octanol–water partition coefficient (Wildman–Crippen LogP) is 15.6. The summed E-state index contributed by atoms with van der Waals surface area (Å²) < 4.78 is 2.23. The highest BCUT2D eigenvalue weighted by molar-refractivity contribution is 9.10. The number of benzene rings is 4. The van der Waals surface area contributed by atoms with Crippen LogP contribution in [0.15, 0.2) is 45.3 Å². The number of fused-ring (bicyclic) bond motifs is 3. The van der Waals surface area contributed by atoms with Gasteiger partial charge in [-0.3, -0.25) is 9.97 Å². The average Bonchev–Trinajstić information content (AvgIpc) is 3.50. The molecule has 0 spiro atoms. The topological polar surface area (TPSA) is 25.8 Å². The van der Waals surface area contributed by atoms with E-state index in [1.165, 1.54) is 122 Å². The molecular formula is C53H54Br2N2. The van der Waals surface area contributed by atoms with E-state index in [1.807, 2.05) is 0 Å². The second-order valence-corrected chi connectivity index (χ2v) is 18.3. The summed E-state index contributed by atoms with van der Waals surface area (Å²) in [7, 11) is 0. The first-order valence-corrected chi connectivity index (χ1v) is 21.6. The Morgan fingerprint density at radius 2 is 0.754 bits per heavy atom. The van der Waals surface area contributed by atoms with Crippen LogP contribution in [0.5, 0.6) is 0 Å². The molecule has 0 amide bonds. The van der Waals surface area contributed by atoms with Crippen molar-refractivity contribution in [2.45, 2.75) is 103 Å². The van der Waals surface area contributed by atoms with Gasteiger partial charge >= 0.3 is 0 Å². The standard InChI is InChI=1S/C53H54Br2N2/c1-26-19-46(52-36(11)28(3)30(5)38(13)56-52)34(9)32(7)44(26)17-15-40-22-48-42(24-50(40)54)21-43-25-51(55)41(23-49(43)48)16-18-45-27(2)20-47(35(10)33(45)8)53-37(12)29(4)31(6)39(14)57-53/h15-20,22-25H,21H2,1-14H3/b17-15+,18-16+. The fourth-order valence-electron chi connectivity index (χ4n) is 8.73. The molecule has 2 nitrogen and oxygen atoms in total. The molecule has 6 aromatic rings. The van der Waals surface area contributed by atoms with E-state index >= 15 is 0 Å². The fraction of sp³-hybridized carbons (Fsp3) is 0.283. The second-order valence-electron chi connectivity index (χ2n) is 16.6. The van der Waals surface area contributed by atoms with Gasteiger partial charge in [-0.25, -0.2) is 0 Å². The number of hydrogen-bond donors (Lipinski definition) is 0. The maximum absolute atomic E-state index is 5.07. The SMILES string of the molecule is Cc1cc(-c2nc(C)c(C)c(C)c2C)c(C)c(C)c1/C=C/c1cc2c(cc1Br)Cc1cc(Br)c(/C=C/c3c(C)cc(-c4nc(C)c(C)c(C)c4C)c(C)c3C)cc1-2. The summed E-state index contributed by atoms with van der Waals surface area (Å²) in [5.41, 5.74) is 32.5. The first-order chi connectivity index (χ1) is 26.9. The zero-order valence-electron chi connectivity index (χ0n) is 36.1. The minimum absolute atomic E-state index is 0.921. The van der Waals surface area contributed by atoms with E-state index in [0.29, 0.717) is 0 Å². The number of halogens is 2. The Morgan fingerprint density at radius 3 is 1.12 bits per heavy atom. The summed E-state index contributed by atoms with van der Waals surface area (Å²) in [6, 6.07) is 14.0. The van der Waals surface area contributed by atoms with Gasteiger partial charge in [0.25, 0.3) is 0 Å². The summed E-state index contributed by atoms with van der Waals surface area (Å²) in [6.07, 6.45) is 10.1. The molecule has 290 valence electrons. The molecule has 1 aliphatic carbocycles. The van der Waals surface area contributed by atoms with Crippen molar-refractivity contribution in [1.82, 2.24) is 9.97 Å². The third-order valence-corrected chi connectivity index (χ3v) is 14.8. The van der Waals surface area contributed by atoms with Gasteiger partial charge in [-0.1, -0.05) is 56.2 Å². The number of rotatable bonds is 6. The zero-order valence-corrected chi connectivity index (χ0v) is 39.3. The van der Waals surface area contributed by atoms with E-state index < -0.39 is 0 Å². The Kier molecular flexibility index (Phi) is 11.0. The van der Waals surface area contributed by atoms with Crippen LogP contribution in [-0.4, -0.2) is 9.97 Å². The molecule has 0 saturated carbocycles. The highest BCUT2D eigenvalue weighted by atomic mass is 79.9. The quantitative estimate of drug-likeness (QED) is 0.156. The van der Waals surface area contributed by atoms with E-state index in [0.717, 1.165) is 38.1 Å². The van der Waals surface area contributed by atoms with Gasteiger partial charge in [0.2, 0.25) is 0 Å². The molecule has 0 fully saturated rings. The molecule has 0 unspecified atom stereocenters. The summed E-state index contributed by atoms with van der Waals surface area (Å²) in [5, 5.41) is 0. The molecule has 0 atom stereocenters. The van der Waals surface area contributed by atoms with Gasteiger partial charge in [0.1, 0.15) is 0 Å². The Hall–Kier alpha value is -4.38. The van der Waals surface area contributed by atoms with Crippen LogP contribution >= 0.6 is 31.9 Å². The van der Waals surface area contributed by atoms with Gasteiger partial charge in [0, 0.05) is 31.5 Å². The van der Waals surface area contributed by atoms with E-state index in [2.05, 4.69) is 189 Å². The lowest BCUT2D eigenvalue weighted by molar-refractivity contribution is 1.09. The minimum atomic E-state index is 0.921. The minimum Gasteiger partial charge on any atom is -0.253 e. The molecule has 0 aliphatic heterocycles. The van der Waals surface area contributed by atoms with Crippen LogP contribution in [0.2, 0.25) is 0 Å². The van der Waals surface area contributed by atoms with E-state index in [-0.39, 0.29) is 0 Å². The smallest absolute Gasteiger partial charge is 0.0740 e. The van der Waals surface area contributed by atoms with E-state index in [1.54, 1.807) is 0 Å². The highest BCUT2D eigenvalue weighted by Gasteiger charge is 2.23. The fourth-order valence-corrected chi connectivity index (χ4v) is 9.77. The van der Waals surface area contributed by atoms with Crippen LogP contribution in [0.4, 0.5) is 0 Å². The lowest BCUT2D eigenvalue weighted by atomic mass is 9.89. The van der Waals surface area contributed by atoms with Crippen molar-refractivity contribution in [2.75, 3.05) is 0 Å². The number of nitrogens with zero attached hydrogens (tertiary/aromatic N) is 2. The van der Waals surface area contributed by atoms with E-state index in [9.17, 15) is 0 Å². The largest absolute Gasteiger partial charge is 0.253 e. The van der Waals surface area contributed by atoms with Crippen molar-refractivity contribution >= 4 is 56.2 Å². The van der Waals surface area contributed by atoms with E-state index in [4.69, 9.17) is 9.97 Å². The molecule has 7 rings (SSSR count). The summed E-state index contributed by atoms with van der Waals surface area (Å²) in [4.78, 5) is 10.1. The van der Waals surface area contributed by atoms with Gasteiger partial charge in [-0.15, -0.1) is 0 Å². The van der Waals surface area contributed by atoms with Crippen LogP contribution in [-0.2, 0) is 6.42 Å². The van der Waals surface area contributed by atoms with Gasteiger partial charge in [-0.05, 0) is 251 Å². The Labute approximate surface area is 357 Å². The molecule has 2 heterocycles. The molecule has 0 N–H and O–H groups in total. The second kappa shape index (κ2) is 15.4. The normalized spacial score (nSPS) is 12.4. The zero-order chi connectivity index (χ0) is 41.4. The molecular weight excluding hydrogens is 824 g/mol. The van der Waals surface area contributed by atoms with Crippen molar-refractivity contribution in [3.63, 3.8) is 0 Å². The molecule has 4 heteroatoms. The van der Waals surface area contributed by atoms with Crippen LogP contribution < -0.4 is 0 Å². The van der Waals surface area contributed by atoms with Gasteiger partial charge in [-0.2, -0.15) is 0 Å². The van der Waals surface area contributed by atoms with Crippen molar-refractivity contribution in [2.24, 2.45) is 0 Å². The number of pyridine rings is 2. The van der Waals surface area contributed by atoms with Gasteiger partial charge in [0.05, 0.1) is 11.4 Å². The number of aryl methyl sites for hydroxylation is 4. The van der Waals surface area contributed by atoms with Crippen LogP contribution in [0.3, 0.4) is 0 Å². The molecule has 2 aromatic heterocycles. The maximum atomic E-state index is 5.07. The first-order valence-electron chi connectivity index (χ1n) is 20.0. The lowest BCUT2D eigenvalue weighted by Crippen LogP contribution is -2.02. The molecule has 0 bridgehead atoms. The third kappa shape index (κ3) is 7.12. The average molecular weight is 879 g/mol. The summed E-state index contributed by atoms with van der Waals surface area (Å²) >= 11 is 7.88. The first kappa shape index (κ1) is 40.8. The number of hydrogen-bond acceptors (Lipinski definition) is 2. The van der Waals surface area contributed by atoms with Crippen LogP contribution in [0.1, 0.15) is 112 Å². The van der Waals surface area contributed by atoms with Crippen molar-refractivity contribution in [3.8, 4) is 33.6 Å². The number of aromatic nitrogens is 2. The Bertz CT molecular complexity index is 2570. The molecule has 1 aliphatic rings. The Morgan fingerprint density at radius 1 is 0.386 bits per heavy atom. The molecule has 0 radical (unpaired) electrons. The lowest BCUT2D eigenvalue weighted by Gasteiger charge is -2.19. The summed E-state index contributed by atoms with van der Waals surface area (Å²) in [6.45, 7) is 30.9. The van der Waals surface area contributed by atoms with Gasteiger partial charge < -0.3 is 0 Å². The molecule has 57 heavy (non-hydrogen) atoms. The van der Waals surface area contributed by atoms with Crippen molar-refractivity contribution < 1.29 is 0 Å². The molecule has 4 aromatic carbocycles. The van der Waals surface area contributed by atoms with Gasteiger partial charge in [0.15, 0.2) is 0 Å². The third-order valence-electron chi connectivity index (χ3n) is 13.4. The maximum Gasteiger partial charge on any atom is 0.0740 e. The Balaban J connectivity index is 1.21.